The van der Waals surface area contributed by atoms with Gasteiger partial charge < -0.3 is 10.2 Å². The van der Waals surface area contributed by atoms with Gasteiger partial charge in [0.1, 0.15) is 12.6 Å². The van der Waals surface area contributed by atoms with Crippen LogP contribution in [0.4, 0.5) is 5.69 Å². The summed E-state index contributed by atoms with van der Waals surface area (Å²) in [5.74, 6) is -0.909. The number of hydrogen-bond donors (Lipinski definition) is 1. The molecule has 3 aromatic rings. The van der Waals surface area contributed by atoms with Crippen LogP contribution in [0.3, 0.4) is 0 Å². The van der Waals surface area contributed by atoms with Crippen LogP contribution in [0.1, 0.15) is 44.4 Å². The average molecular weight is 605 g/mol. The fraction of sp³-hybridized carbons (Fsp3) is 0.333. The molecule has 1 N–H and O–H groups in total. The van der Waals surface area contributed by atoms with Gasteiger partial charge in [0.15, 0.2) is 0 Å². The number of anilines is 1. The number of halogens is 2. The first-order valence-electron chi connectivity index (χ1n) is 12.8. The van der Waals surface area contributed by atoms with Gasteiger partial charge in [0.05, 0.1) is 10.6 Å². The maximum Gasteiger partial charge on any atom is 0.264 e. The minimum Gasteiger partial charge on any atom is -0.350 e. The van der Waals surface area contributed by atoms with Gasteiger partial charge in [-0.3, -0.25) is 13.9 Å². The second-order valence-corrected chi connectivity index (χ2v) is 13.5. The van der Waals surface area contributed by atoms with E-state index in [0.29, 0.717) is 21.3 Å². The number of nitrogens with one attached hydrogen (secondary N) is 1. The van der Waals surface area contributed by atoms with Crippen molar-refractivity contribution in [3.8, 4) is 0 Å². The maximum absolute atomic E-state index is 14.0. The van der Waals surface area contributed by atoms with Gasteiger partial charge in [0.2, 0.25) is 11.8 Å². The summed E-state index contributed by atoms with van der Waals surface area (Å²) in [4.78, 5) is 28.5. The lowest BCUT2D eigenvalue weighted by Crippen LogP contribution is -2.54. The number of rotatable bonds is 9. The lowest BCUT2D eigenvalue weighted by molar-refractivity contribution is -0.140. The van der Waals surface area contributed by atoms with Crippen molar-refractivity contribution in [3.05, 3.63) is 93.5 Å². The number of amides is 2. The highest BCUT2D eigenvalue weighted by molar-refractivity contribution is 7.92. The van der Waals surface area contributed by atoms with Crippen LogP contribution in [0.15, 0.2) is 71.6 Å². The molecule has 1 atom stereocenters. The van der Waals surface area contributed by atoms with Crippen LogP contribution < -0.4 is 9.62 Å². The van der Waals surface area contributed by atoms with E-state index in [9.17, 15) is 18.0 Å². The van der Waals surface area contributed by atoms with Crippen LogP contribution in [0.25, 0.3) is 0 Å². The minimum atomic E-state index is -4.18. The molecule has 0 saturated heterocycles. The molecule has 0 spiro atoms. The van der Waals surface area contributed by atoms with Crippen molar-refractivity contribution in [2.24, 2.45) is 0 Å². The number of nitrogens with zero attached hydrogens (tertiary/aromatic N) is 2. The van der Waals surface area contributed by atoms with Crippen molar-refractivity contribution in [3.63, 3.8) is 0 Å². The van der Waals surface area contributed by atoms with Gasteiger partial charge in [-0.1, -0.05) is 41.4 Å². The molecule has 2 amide bonds. The summed E-state index contributed by atoms with van der Waals surface area (Å²) < 4.78 is 28.9. The van der Waals surface area contributed by atoms with E-state index in [2.05, 4.69) is 5.32 Å². The van der Waals surface area contributed by atoms with Gasteiger partial charge in [-0.05, 0) is 107 Å². The number of aryl methyl sites for hydroxylation is 2. The summed E-state index contributed by atoms with van der Waals surface area (Å²) in [7, 11) is -4.18. The lowest BCUT2D eigenvalue weighted by atomic mass is 10.1. The Labute approximate surface area is 247 Å². The summed E-state index contributed by atoms with van der Waals surface area (Å²) in [5.41, 5.74) is 2.36. The Bertz CT molecular complexity index is 1490. The summed E-state index contributed by atoms with van der Waals surface area (Å²) >= 11 is 12.2. The Balaban J connectivity index is 2.07. The second kappa shape index (κ2) is 12.6. The summed E-state index contributed by atoms with van der Waals surface area (Å²) in [6.45, 7) is 10.5. The van der Waals surface area contributed by atoms with Crippen LogP contribution in [-0.4, -0.2) is 43.3 Å². The molecule has 0 aromatic heterocycles. The SMILES string of the molecule is Cc1ccc(N(CC(=O)N(Cc2cccc(Cl)c2)[C@H](C)C(=O)NC(C)(C)C)S(=O)(=O)c2ccc(Cl)cc2)cc1C. The van der Waals surface area contributed by atoms with Gasteiger partial charge in [-0.15, -0.1) is 0 Å². The first-order valence-corrected chi connectivity index (χ1v) is 15.0. The summed E-state index contributed by atoms with van der Waals surface area (Å²) in [6, 6.07) is 17.1. The molecular weight excluding hydrogens is 569 g/mol. The van der Waals surface area contributed by atoms with Gasteiger partial charge in [0.25, 0.3) is 10.0 Å². The predicted molar refractivity (Wildman–Crippen MR) is 161 cm³/mol. The molecule has 214 valence electrons. The van der Waals surface area contributed by atoms with Crippen LogP contribution in [0.2, 0.25) is 10.0 Å². The number of carbonyl (C=O) groups excluding carboxylic acids is 2. The van der Waals surface area contributed by atoms with E-state index in [0.717, 1.165) is 15.4 Å². The summed E-state index contributed by atoms with van der Waals surface area (Å²) in [6.07, 6.45) is 0. The number of hydrogen-bond acceptors (Lipinski definition) is 4. The summed E-state index contributed by atoms with van der Waals surface area (Å²) in [5, 5.41) is 3.78. The third-order valence-corrected chi connectivity index (χ3v) is 8.64. The number of benzene rings is 3. The average Bonchev–Trinajstić information content (AvgIpc) is 2.86. The molecule has 0 unspecified atom stereocenters. The molecule has 0 radical (unpaired) electrons. The van der Waals surface area contributed by atoms with E-state index >= 15 is 0 Å². The van der Waals surface area contributed by atoms with Gasteiger partial charge in [-0.25, -0.2) is 8.42 Å². The van der Waals surface area contributed by atoms with Crippen LogP contribution in [-0.2, 0) is 26.2 Å². The highest BCUT2D eigenvalue weighted by atomic mass is 35.5. The molecule has 0 bridgehead atoms. The molecule has 10 heteroatoms. The van der Waals surface area contributed by atoms with Crippen LogP contribution in [0.5, 0.6) is 0 Å². The smallest absolute Gasteiger partial charge is 0.264 e. The van der Waals surface area contributed by atoms with Crippen molar-refractivity contribution in [2.45, 2.75) is 64.6 Å². The highest BCUT2D eigenvalue weighted by Crippen LogP contribution is 2.27. The predicted octanol–water partition coefficient (Wildman–Crippen LogP) is 6.14. The van der Waals surface area contributed by atoms with Crippen molar-refractivity contribution in [1.29, 1.82) is 0 Å². The van der Waals surface area contributed by atoms with E-state index < -0.39 is 34.1 Å². The third kappa shape index (κ3) is 7.99. The molecule has 0 aliphatic heterocycles. The Kier molecular flexibility index (Phi) is 9.93. The molecule has 0 fully saturated rings. The molecule has 3 aromatic carbocycles. The molecular formula is C30H35Cl2N3O4S. The van der Waals surface area contributed by atoms with Crippen molar-refractivity contribution in [1.82, 2.24) is 10.2 Å². The van der Waals surface area contributed by atoms with Crippen molar-refractivity contribution < 1.29 is 18.0 Å². The largest absolute Gasteiger partial charge is 0.350 e. The second-order valence-electron chi connectivity index (χ2n) is 10.8. The van der Waals surface area contributed by atoms with E-state index in [-0.39, 0.29) is 17.3 Å². The van der Waals surface area contributed by atoms with E-state index in [1.54, 1.807) is 43.3 Å². The normalized spacial score (nSPS) is 12.5. The van der Waals surface area contributed by atoms with Gasteiger partial charge in [-0.2, -0.15) is 0 Å². The zero-order chi connectivity index (χ0) is 29.8. The fourth-order valence-corrected chi connectivity index (χ4v) is 5.78. The molecule has 0 saturated carbocycles. The zero-order valence-electron chi connectivity index (χ0n) is 23.5. The molecule has 7 nitrogen and oxygen atoms in total. The Hall–Kier alpha value is -3.07. The zero-order valence-corrected chi connectivity index (χ0v) is 25.9. The third-order valence-electron chi connectivity index (χ3n) is 6.37. The first-order chi connectivity index (χ1) is 18.6. The number of carbonyl (C=O) groups is 2. The Morgan fingerprint density at radius 3 is 2.12 bits per heavy atom. The topological polar surface area (TPSA) is 86.8 Å². The monoisotopic (exact) mass is 603 g/mol. The van der Waals surface area contributed by atoms with Crippen LogP contribution >= 0.6 is 23.2 Å². The van der Waals surface area contributed by atoms with Crippen molar-refractivity contribution >= 4 is 50.7 Å². The molecule has 0 heterocycles. The van der Waals surface area contributed by atoms with Crippen LogP contribution in [0, 0.1) is 13.8 Å². The van der Waals surface area contributed by atoms with Crippen molar-refractivity contribution in [2.75, 3.05) is 10.8 Å². The fourth-order valence-electron chi connectivity index (χ4n) is 4.03. The first kappa shape index (κ1) is 31.5. The van der Waals surface area contributed by atoms with Gasteiger partial charge in [0, 0.05) is 22.1 Å². The number of sulfonamides is 1. The maximum atomic E-state index is 14.0. The molecule has 0 aliphatic rings. The minimum absolute atomic E-state index is 0.0113. The molecule has 0 aliphatic carbocycles. The van der Waals surface area contributed by atoms with E-state index in [1.165, 1.54) is 29.2 Å². The van der Waals surface area contributed by atoms with E-state index in [4.69, 9.17) is 23.2 Å². The van der Waals surface area contributed by atoms with E-state index in [1.807, 2.05) is 40.7 Å². The Morgan fingerprint density at radius 1 is 0.900 bits per heavy atom. The molecule has 3 rings (SSSR count). The highest BCUT2D eigenvalue weighted by Gasteiger charge is 2.33. The molecule has 40 heavy (non-hydrogen) atoms. The standard InChI is InChI=1S/C30H35Cl2N3O4S/c1-20-10-13-26(16-21(20)2)35(40(38,39)27-14-11-24(31)12-15-27)19-28(36)34(18-23-8-7-9-25(32)17-23)22(3)29(37)33-30(4,5)6/h7-17,22H,18-19H2,1-6H3,(H,33,37)/t22-/m1/s1. The quantitative estimate of drug-likeness (QED) is 0.318. The van der Waals surface area contributed by atoms with Gasteiger partial charge >= 0.3 is 0 Å². The Morgan fingerprint density at radius 2 is 1.55 bits per heavy atom. The lowest BCUT2D eigenvalue weighted by Gasteiger charge is -2.33.